The lowest BCUT2D eigenvalue weighted by Crippen LogP contribution is -2.24. The second-order valence-corrected chi connectivity index (χ2v) is 3.20. The molecule has 0 aliphatic heterocycles. The Kier molecular flexibility index (Phi) is 1.34. The molecule has 0 amide bonds. The highest BCUT2D eigenvalue weighted by atomic mass is 16.4. The molecule has 2 aliphatic carbocycles. The smallest absolute Gasteiger partial charge is 0.328 e. The highest BCUT2D eigenvalue weighted by Crippen LogP contribution is 2.46. The van der Waals surface area contributed by atoms with Gasteiger partial charge in [-0.3, -0.25) is 0 Å². The fourth-order valence-electron chi connectivity index (χ4n) is 1.93. The largest absolute Gasteiger partial charge is 0.478 e. The van der Waals surface area contributed by atoms with Gasteiger partial charge in [-0.25, -0.2) is 4.79 Å². The molecule has 1 saturated carbocycles. The van der Waals surface area contributed by atoms with Crippen molar-refractivity contribution in [2.75, 3.05) is 0 Å². The Bertz CT molecular complexity index is 250. The summed E-state index contributed by atoms with van der Waals surface area (Å²) in [7, 11) is 0. The number of hydrogen-bond donors (Lipinski definition) is 1. The van der Waals surface area contributed by atoms with E-state index >= 15 is 0 Å². The van der Waals surface area contributed by atoms with Crippen LogP contribution in [0.15, 0.2) is 23.8 Å². The summed E-state index contributed by atoms with van der Waals surface area (Å²) in [6.07, 6.45) is 7.73. The molecule has 0 aromatic heterocycles. The predicted octanol–water partition coefficient (Wildman–Crippen LogP) is 1.59. The molecule has 0 radical (unpaired) electrons. The molecule has 2 aliphatic rings. The minimum Gasteiger partial charge on any atom is -0.478 e. The number of carboxylic acids is 1. The van der Waals surface area contributed by atoms with E-state index in [0.29, 0.717) is 11.8 Å². The highest BCUT2D eigenvalue weighted by molar-refractivity contribution is 5.81. The number of carboxylic acid groups (broad SMARTS) is 1. The molecule has 2 rings (SSSR count). The van der Waals surface area contributed by atoms with Crippen molar-refractivity contribution >= 4 is 5.97 Å². The Balaban J connectivity index is 2.07. The van der Waals surface area contributed by atoms with Crippen LogP contribution in [-0.2, 0) is 4.79 Å². The SMILES string of the molecule is O=C(O)/C=C1\C[C@H]2C=CC[C@@H]12. The van der Waals surface area contributed by atoms with E-state index in [0.717, 1.165) is 18.4 Å². The van der Waals surface area contributed by atoms with Gasteiger partial charge in [0.2, 0.25) is 0 Å². The van der Waals surface area contributed by atoms with E-state index in [2.05, 4.69) is 12.2 Å². The summed E-state index contributed by atoms with van der Waals surface area (Å²) in [6, 6.07) is 0. The molecule has 0 aromatic rings. The Hall–Kier alpha value is -1.05. The van der Waals surface area contributed by atoms with Crippen LogP contribution >= 0.6 is 0 Å². The van der Waals surface area contributed by atoms with Gasteiger partial charge in [0.05, 0.1) is 0 Å². The zero-order chi connectivity index (χ0) is 7.84. The van der Waals surface area contributed by atoms with Gasteiger partial charge in [-0.05, 0) is 24.7 Å². The third-order valence-electron chi connectivity index (χ3n) is 2.55. The maximum absolute atomic E-state index is 10.3. The standard InChI is InChI=1S/C9H10O2/c10-9(11)5-7-4-6-2-1-3-8(6)7/h1-2,5-6,8H,3-4H2,(H,10,11)/b7-5+/t6-,8-/m1/s1. The molecule has 2 nitrogen and oxygen atoms in total. The Morgan fingerprint density at radius 3 is 3.18 bits per heavy atom. The van der Waals surface area contributed by atoms with Gasteiger partial charge in [0.15, 0.2) is 0 Å². The van der Waals surface area contributed by atoms with E-state index in [4.69, 9.17) is 5.11 Å². The lowest BCUT2D eigenvalue weighted by atomic mass is 9.71. The summed E-state index contributed by atoms with van der Waals surface area (Å²) in [5.74, 6) is 0.386. The third-order valence-corrected chi connectivity index (χ3v) is 2.55. The van der Waals surface area contributed by atoms with Crippen LogP contribution in [0.3, 0.4) is 0 Å². The lowest BCUT2D eigenvalue weighted by Gasteiger charge is -2.33. The minimum atomic E-state index is -0.801. The van der Waals surface area contributed by atoms with Crippen molar-refractivity contribution < 1.29 is 9.90 Å². The summed E-state index contributed by atoms with van der Waals surface area (Å²) in [5, 5.41) is 8.47. The maximum Gasteiger partial charge on any atom is 0.328 e. The van der Waals surface area contributed by atoms with Gasteiger partial charge in [-0.15, -0.1) is 0 Å². The topological polar surface area (TPSA) is 37.3 Å². The van der Waals surface area contributed by atoms with Crippen molar-refractivity contribution in [3.05, 3.63) is 23.8 Å². The van der Waals surface area contributed by atoms with Gasteiger partial charge < -0.3 is 5.11 Å². The van der Waals surface area contributed by atoms with E-state index in [1.54, 1.807) is 0 Å². The summed E-state index contributed by atoms with van der Waals surface area (Å²) in [4.78, 5) is 10.3. The molecule has 0 heterocycles. The molecule has 1 N–H and O–H groups in total. The number of fused-ring (bicyclic) bond motifs is 1. The first-order valence-corrected chi connectivity index (χ1v) is 3.87. The fourth-order valence-corrected chi connectivity index (χ4v) is 1.93. The van der Waals surface area contributed by atoms with E-state index in [1.165, 1.54) is 6.08 Å². The third kappa shape index (κ3) is 0.985. The average Bonchev–Trinajstić information content (AvgIpc) is 2.26. The predicted molar refractivity (Wildman–Crippen MR) is 41.1 cm³/mol. The average molecular weight is 150 g/mol. The van der Waals surface area contributed by atoms with Crippen LogP contribution in [0.5, 0.6) is 0 Å². The van der Waals surface area contributed by atoms with E-state index < -0.39 is 5.97 Å². The van der Waals surface area contributed by atoms with Crippen LogP contribution in [0.4, 0.5) is 0 Å². The first-order chi connectivity index (χ1) is 5.27. The second kappa shape index (κ2) is 2.22. The second-order valence-electron chi connectivity index (χ2n) is 3.20. The molecule has 2 atom stereocenters. The van der Waals surface area contributed by atoms with Crippen LogP contribution in [0.25, 0.3) is 0 Å². The van der Waals surface area contributed by atoms with Crippen molar-refractivity contribution in [3.8, 4) is 0 Å². The molecule has 2 heteroatoms. The quantitative estimate of drug-likeness (QED) is 0.455. The molecule has 0 spiro atoms. The molecule has 0 saturated heterocycles. The monoisotopic (exact) mass is 150 g/mol. The van der Waals surface area contributed by atoms with Gasteiger partial charge >= 0.3 is 5.97 Å². The van der Waals surface area contributed by atoms with Crippen molar-refractivity contribution in [1.82, 2.24) is 0 Å². The van der Waals surface area contributed by atoms with Gasteiger partial charge in [-0.1, -0.05) is 17.7 Å². The number of carbonyl (C=O) groups is 1. The van der Waals surface area contributed by atoms with Gasteiger partial charge in [0.1, 0.15) is 0 Å². The van der Waals surface area contributed by atoms with Gasteiger partial charge in [0.25, 0.3) is 0 Å². The van der Waals surface area contributed by atoms with E-state index in [9.17, 15) is 4.79 Å². The summed E-state index contributed by atoms with van der Waals surface area (Å²) < 4.78 is 0. The van der Waals surface area contributed by atoms with Gasteiger partial charge in [-0.2, -0.15) is 0 Å². The van der Waals surface area contributed by atoms with Crippen LogP contribution < -0.4 is 0 Å². The summed E-state index contributed by atoms with van der Waals surface area (Å²) >= 11 is 0. The molecule has 1 fully saturated rings. The first kappa shape index (κ1) is 6.65. The summed E-state index contributed by atoms with van der Waals surface area (Å²) in [6.45, 7) is 0. The Morgan fingerprint density at radius 1 is 1.73 bits per heavy atom. The van der Waals surface area contributed by atoms with Crippen molar-refractivity contribution in [3.63, 3.8) is 0 Å². The van der Waals surface area contributed by atoms with Crippen LogP contribution in [0.2, 0.25) is 0 Å². The fraction of sp³-hybridized carbons (Fsp3) is 0.444. The van der Waals surface area contributed by atoms with Crippen molar-refractivity contribution in [2.24, 2.45) is 11.8 Å². The van der Waals surface area contributed by atoms with Crippen molar-refractivity contribution in [1.29, 1.82) is 0 Å². The molecule has 0 aromatic carbocycles. The van der Waals surface area contributed by atoms with E-state index in [-0.39, 0.29) is 0 Å². The van der Waals surface area contributed by atoms with Gasteiger partial charge in [0, 0.05) is 6.08 Å². The summed E-state index contributed by atoms with van der Waals surface area (Å²) in [5.41, 5.74) is 1.12. The molecule has 11 heavy (non-hydrogen) atoms. The Labute approximate surface area is 65.2 Å². The molecular formula is C9H10O2. The minimum absolute atomic E-state index is 0.533. The van der Waals surface area contributed by atoms with Crippen LogP contribution in [0.1, 0.15) is 12.8 Å². The normalized spacial score (nSPS) is 36.9. The zero-order valence-corrected chi connectivity index (χ0v) is 6.16. The maximum atomic E-state index is 10.3. The molecular weight excluding hydrogens is 140 g/mol. The number of aliphatic carboxylic acids is 1. The highest BCUT2D eigenvalue weighted by Gasteiger charge is 2.36. The molecule has 0 unspecified atom stereocenters. The molecule has 0 bridgehead atoms. The van der Waals surface area contributed by atoms with E-state index in [1.807, 2.05) is 0 Å². The first-order valence-electron chi connectivity index (χ1n) is 3.87. The lowest BCUT2D eigenvalue weighted by molar-refractivity contribution is -0.131. The number of allylic oxidation sites excluding steroid dienone is 3. The zero-order valence-electron chi connectivity index (χ0n) is 6.16. The van der Waals surface area contributed by atoms with Crippen molar-refractivity contribution in [2.45, 2.75) is 12.8 Å². The van der Waals surface area contributed by atoms with Crippen LogP contribution in [-0.4, -0.2) is 11.1 Å². The Morgan fingerprint density at radius 2 is 2.55 bits per heavy atom. The number of rotatable bonds is 1. The number of hydrogen-bond acceptors (Lipinski definition) is 1. The molecule has 58 valence electrons. The van der Waals surface area contributed by atoms with Crippen LogP contribution in [0, 0.1) is 11.8 Å².